The average molecular weight is 759 g/mol. The van der Waals surface area contributed by atoms with Crippen molar-refractivity contribution in [3.05, 3.63) is 60.2 Å². The molecule has 4 rings (SSSR count). The number of rotatable bonds is 8. The SMILES string of the molecule is C=C1C=CC(=O)N1c1ccc(S(=O)(=O)NN=C2CC(C(=O)O)(C(=O)O)C2)cc1.CC1(C)O[C@H](C[NH-])[C@@H](C[NH-])O1.[Pt+2]. The maximum absolute atomic E-state index is 12.3. The van der Waals surface area contributed by atoms with Gasteiger partial charge in [-0.2, -0.15) is 13.5 Å². The number of aliphatic carboxylic acids is 2. The molecule has 1 amide bonds. The summed E-state index contributed by atoms with van der Waals surface area (Å²) in [5, 5.41) is 21.7. The molecule has 1 aliphatic carbocycles. The summed E-state index contributed by atoms with van der Waals surface area (Å²) in [6.45, 7) is 7.69. The van der Waals surface area contributed by atoms with E-state index in [1.165, 1.54) is 41.3 Å². The van der Waals surface area contributed by atoms with E-state index < -0.39 is 33.2 Å². The third kappa shape index (κ3) is 7.03. The van der Waals surface area contributed by atoms with Crippen LogP contribution in [0.25, 0.3) is 11.5 Å². The van der Waals surface area contributed by atoms with Crippen LogP contribution in [0.2, 0.25) is 0 Å². The molecule has 1 aromatic rings. The Hall–Kier alpha value is -2.94. The number of carbonyl (C=O) groups excluding carboxylic acids is 1. The number of carbonyl (C=O) groups is 3. The Morgan fingerprint density at radius 3 is 1.98 bits per heavy atom. The topological polar surface area (TPSA) is 220 Å². The Balaban J connectivity index is 0.000000394. The molecule has 40 heavy (non-hydrogen) atoms. The molecule has 1 aromatic carbocycles. The number of hydrazone groups is 1. The molecule has 1 saturated heterocycles. The number of anilines is 1. The van der Waals surface area contributed by atoms with Crippen LogP contribution in [0.5, 0.6) is 0 Å². The molecular weight excluding hydrogens is 729 g/mol. The molecule has 5 N–H and O–H groups in total. The van der Waals surface area contributed by atoms with Gasteiger partial charge in [-0.3, -0.25) is 19.3 Å². The summed E-state index contributed by atoms with van der Waals surface area (Å²) in [6, 6.07) is 5.41. The van der Waals surface area contributed by atoms with Crippen molar-refractivity contribution in [1.82, 2.24) is 4.83 Å². The maximum Gasteiger partial charge on any atom is 2.00 e. The van der Waals surface area contributed by atoms with Crippen molar-refractivity contribution in [2.45, 2.75) is 49.6 Å². The maximum atomic E-state index is 12.3. The normalized spacial score (nSPS) is 22.5. The number of allylic oxidation sites excluding steroid dienone is 1. The summed E-state index contributed by atoms with van der Waals surface area (Å²) in [6.07, 6.45) is 1.68. The third-order valence-electron chi connectivity index (χ3n) is 6.17. The minimum absolute atomic E-state index is 0. The van der Waals surface area contributed by atoms with Gasteiger partial charge in [0.15, 0.2) is 11.2 Å². The van der Waals surface area contributed by atoms with Crippen molar-refractivity contribution in [2.75, 3.05) is 18.0 Å². The van der Waals surface area contributed by atoms with Crippen LogP contribution in [0.1, 0.15) is 26.7 Å². The Kier molecular flexibility index (Phi) is 10.6. The number of hydrogen-bond acceptors (Lipinski definition) is 8. The molecule has 0 spiro atoms. The molecule has 3 aliphatic rings. The van der Waals surface area contributed by atoms with Crippen molar-refractivity contribution in [3.63, 3.8) is 0 Å². The van der Waals surface area contributed by atoms with Gasteiger partial charge in [-0.25, -0.2) is 4.83 Å². The van der Waals surface area contributed by atoms with Crippen LogP contribution >= 0.6 is 0 Å². The number of amides is 1. The van der Waals surface area contributed by atoms with Crippen LogP contribution in [0.4, 0.5) is 5.69 Å². The summed E-state index contributed by atoms with van der Waals surface area (Å²) in [5.74, 6) is -3.89. The molecule has 16 heteroatoms. The van der Waals surface area contributed by atoms with Crippen LogP contribution in [0, 0.1) is 5.41 Å². The van der Waals surface area contributed by atoms with Crippen LogP contribution in [0.3, 0.4) is 0 Å². The van der Waals surface area contributed by atoms with Gasteiger partial charge < -0.3 is 31.2 Å². The Labute approximate surface area is 245 Å². The molecule has 0 unspecified atom stereocenters. The standard InChI is InChI=1S/C17H15N3O7S.C7H14N2O2.Pt/c1-10-2-7-14(21)20(10)12-3-5-13(6-4-12)28(26,27)19-18-11-8-17(9-11,15(22)23)16(24)25;1-7(2)10-5(3-8)6(4-9)11-7;/h2-7,19H,1,8-9H2,(H,22,23)(H,24,25);5-6,8-9H,3-4H2,1-2H3;/q;-2;+2/t;5-,6-;/m.1./s1. The van der Waals surface area contributed by atoms with Crippen LogP contribution in [-0.2, 0) is 54.9 Å². The summed E-state index contributed by atoms with van der Waals surface area (Å²) in [5.41, 5.74) is 13.3. The molecular formula is C24H29N5O9PtS. The van der Waals surface area contributed by atoms with Gasteiger partial charge in [0.25, 0.3) is 15.9 Å². The summed E-state index contributed by atoms with van der Waals surface area (Å²) in [7, 11) is -4.05. The fourth-order valence-electron chi connectivity index (χ4n) is 4.08. The molecule has 2 fully saturated rings. The fraction of sp³-hybridized carbons (Fsp3) is 0.417. The Morgan fingerprint density at radius 2 is 1.57 bits per heavy atom. The number of benzene rings is 1. The van der Waals surface area contributed by atoms with Gasteiger partial charge in [0.2, 0.25) is 0 Å². The minimum Gasteiger partial charge on any atom is -0.675 e. The molecule has 1 saturated carbocycles. The summed E-state index contributed by atoms with van der Waals surface area (Å²) < 4.78 is 35.4. The van der Waals surface area contributed by atoms with Gasteiger partial charge in [0.1, 0.15) is 0 Å². The first-order chi connectivity index (χ1) is 18.2. The molecule has 0 radical (unpaired) electrons. The number of ether oxygens (including phenoxy) is 2. The number of hydrogen-bond donors (Lipinski definition) is 3. The van der Waals surface area contributed by atoms with Gasteiger partial charge >= 0.3 is 33.0 Å². The largest absolute Gasteiger partial charge is 2.00 e. The number of carboxylic acids is 2. The first kappa shape index (κ1) is 33.3. The second-order valence-electron chi connectivity index (χ2n) is 9.43. The van der Waals surface area contributed by atoms with Crippen LogP contribution in [0.15, 0.2) is 58.7 Å². The van der Waals surface area contributed by atoms with Crippen molar-refractivity contribution >= 4 is 39.3 Å². The van der Waals surface area contributed by atoms with E-state index in [1.54, 1.807) is 0 Å². The van der Waals surface area contributed by atoms with E-state index in [2.05, 4.69) is 11.7 Å². The van der Waals surface area contributed by atoms with Gasteiger partial charge in [-0.1, -0.05) is 6.58 Å². The summed E-state index contributed by atoms with van der Waals surface area (Å²) >= 11 is 0. The van der Waals surface area contributed by atoms with E-state index in [0.717, 1.165) is 0 Å². The van der Waals surface area contributed by atoms with E-state index in [1.807, 2.05) is 18.7 Å². The van der Waals surface area contributed by atoms with Gasteiger partial charge in [0, 0.05) is 36.0 Å². The van der Waals surface area contributed by atoms with Crippen molar-refractivity contribution < 1.29 is 63.6 Å². The van der Waals surface area contributed by atoms with E-state index in [0.29, 0.717) is 11.4 Å². The second-order valence-corrected chi connectivity index (χ2v) is 11.1. The van der Waals surface area contributed by atoms with Crippen molar-refractivity contribution in [2.24, 2.45) is 10.5 Å². The third-order valence-corrected chi connectivity index (χ3v) is 7.40. The zero-order valence-electron chi connectivity index (χ0n) is 21.5. The van der Waals surface area contributed by atoms with Gasteiger partial charge in [-0.05, 0) is 44.2 Å². The predicted octanol–water partition coefficient (Wildman–Crippen LogP) is 2.30. The molecule has 14 nitrogen and oxygen atoms in total. The average Bonchev–Trinajstić information content (AvgIpc) is 3.34. The minimum atomic E-state index is -4.05. The molecule has 2 atom stereocenters. The first-order valence-electron chi connectivity index (χ1n) is 11.7. The molecule has 0 aromatic heterocycles. The first-order valence-corrected chi connectivity index (χ1v) is 13.1. The summed E-state index contributed by atoms with van der Waals surface area (Å²) in [4.78, 5) is 37.1. The zero-order valence-corrected chi connectivity index (χ0v) is 24.6. The zero-order chi connectivity index (χ0) is 29.2. The predicted molar refractivity (Wildman–Crippen MR) is 139 cm³/mol. The van der Waals surface area contributed by atoms with Crippen molar-refractivity contribution in [3.8, 4) is 0 Å². The smallest absolute Gasteiger partial charge is 0.675 e. The second kappa shape index (κ2) is 12.7. The number of nitrogens with one attached hydrogen (secondary N) is 3. The van der Waals surface area contributed by atoms with E-state index in [-0.39, 0.29) is 75.7 Å². The van der Waals surface area contributed by atoms with Crippen molar-refractivity contribution in [1.29, 1.82) is 0 Å². The fourth-order valence-corrected chi connectivity index (χ4v) is 4.92. The number of carboxylic acid groups (broad SMARTS) is 2. The molecule has 2 heterocycles. The Morgan fingerprint density at radius 1 is 1.07 bits per heavy atom. The van der Waals surface area contributed by atoms with Gasteiger partial charge in [-0.15, -0.1) is 13.1 Å². The Bertz CT molecular complexity index is 1270. The molecule has 2 aliphatic heterocycles. The van der Waals surface area contributed by atoms with E-state index >= 15 is 0 Å². The van der Waals surface area contributed by atoms with E-state index in [9.17, 15) is 22.8 Å². The van der Waals surface area contributed by atoms with Gasteiger partial charge in [0.05, 0.1) is 17.1 Å². The molecule has 220 valence electrons. The van der Waals surface area contributed by atoms with Crippen LogP contribution < -0.4 is 9.73 Å². The quantitative estimate of drug-likeness (QED) is 0.261. The number of sulfonamides is 1. The molecule has 0 bridgehead atoms. The van der Waals surface area contributed by atoms with Crippen LogP contribution in [-0.4, -0.2) is 73.3 Å². The van der Waals surface area contributed by atoms with E-state index in [4.69, 9.17) is 31.2 Å². The number of nitrogens with zero attached hydrogens (tertiary/aromatic N) is 2. The monoisotopic (exact) mass is 758 g/mol.